The minimum Gasteiger partial charge on any atom is -0.298 e. The van der Waals surface area contributed by atoms with Crippen molar-refractivity contribution in [2.24, 2.45) is 0 Å². The molecule has 0 spiro atoms. The van der Waals surface area contributed by atoms with Crippen LogP contribution in [0.4, 0.5) is 0 Å². The third kappa shape index (κ3) is 3.00. The lowest BCUT2D eigenvalue weighted by Crippen LogP contribution is -2.21. The van der Waals surface area contributed by atoms with Gasteiger partial charge in [0, 0.05) is 6.54 Å². The summed E-state index contributed by atoms with van der Waals surface area (Å²) in [6.07, 6.45) is 4.48. The highest BCUT2D eigenvalue weighted by Gasteiger charge is 2.05. The van der Waals surface area contributed by atoms with Gasteiger partial charge in [-0.15, -0.1) is 0 Å². The van der Waals surface area contributed by atoms with E-state index in [1.54, 1.807) is 16.3 Å². The smallest absolute Gasteiger partial charge is 0.269 e. The number of hydrogen-bond acceptors (Lipinski definition) is 3. The van der Waals surface area contributed by atoms with Crippen molar-refractivity contribution in [2.45, 2.75) is 13.0 Å². The van der Waals surface area contributed by atoms with Crippen LogP contribution in [0.3, 0.4) is 0 Å². The van der Waals surface area contributed by atoms with E-state index in [4.69, 9.17) is 11.6 Å². The fourth-order valence-corrected chi connectivity index (χ4v) is 1.85. The summed E-state index contributed by atoms with van der Waals surface area (Å²) in [6, 6.07) is 0. The van der Waals surface area contributed by atoms with Gasteiger partial charge in [-0.3, -0.25) is 9.36 Å². The van der Waals surface area contributed by atoms with Crippen LogP contribution in [0.25, 0.3) is 0 Å². The monoisotopic (exact) mass is 296 g/mol. The van der Waals surface area contributed by atoms with Gasteiger partial charge < -0.3 is 0 Å². The van der Waals surface area contributed by atoms with E-state index >= 15 is 0 Å². The van der Waals surface area contributed by atoms with Crippen LogP contribution in [-0.4, -0.2) is 21.6 Å². The van der Waals surface area contributed by atoms with Crippen LogP contribution in [0.15, 0.2) is 15.6 Å². The summed E-state index contributed by atoms with van der Waals surface area (Å²) in [5.74, 6) is 1.03. The lowest BCUT2D eigenvalue weighted by Gasteiger charge is -2.04. The van der Waals surface area contributed by atoms with Gasteiger partial charge in [0.2, 0.25) is 0 Å². The van der Waals surface area contributed by atoms with Crippen LogP contribution >= 0.6 is 39.3 Å². The van der Waals surface area contributed by atoms with Gasteiger partial charge in [0.15, 0.2) is 5.15 Å². The maximum atomic E-state index is 11.6. The predicted molar refractivity (Wildman–Crippen MR) is 64.2 cm³/mol. The zero-order valence-corrected chi connectivity index (χ0v) is 10.8. The second-order valence-corrected chi connectivity index (χ2v) is 4.83. The van der Waals surface area contributed by atoms with E-state index in [1.807, 2.05) is 6.26 Å². The van der Waals surface area contributed by atoms with Crippen LogP contribution in [0, 0.1) is 0 Å². The largest absolute Gasteiger partial charge is 0.298 e. The zero-order chi connectivity index (χ0) is 10.6. The molecule has 0 N–H and O–H groups in total. The van der Waals surface area contributed by atoms with Crippen LogP contribution in [0.1, 0.15) is 6.42 Å². The third-order valence-electron chi connectivity index (χ3n) is 1.69. The summed E-state index contributed by atoms with van der Waals surface area (Å²) in [7, 11) is 0. The Bertz CT molecular complexity index is 369. The topological polar surface area (TPSA) is 34.9 Å². The van der Waals surface area contributed by atoms with E-state index in [0.29, 0.717) is 11.0 Å². The first-order valence-electron chi connectivity index (χ1n) is 4.06. The molecule has 1 heterocycles. The Labute approximate surface area is 100.0 Å². The van der Waals surface area contributed by atoms with Crippen molar-refractivity contribution in [2.75, 3.05) is 12.0 Å². The minimum atomic E-state index is -0.119. The summed E-state index contributed by atoms with van der Waals surface area (Å²) in [5, 5.41) is 0.219. The van der Waals surface area contributed by atoms with E-state index in [1.165, 1.54) is 6.33 Å². The molecule has 6 heteroatoms. The first-order valence-corrected chi connectivity index (χ1v) is 6.62. The highest BCUT2D eigenvalue weighted by atomic mass is 79.9. The molecule has 0 aliphatic rings. The zero-order valence-electron chi connectivity index (χ0n) is 7.67. The van der Waals surface area contributed by atoms with Gasteiger partial charge in [0.05, 0.1) is 6.33 Å². The molecular formula is C8H10BrClN2OS. The van der Waals surface area contributed by atoms with Crippen molar-refractivity contribution in [1.29, 1.82) is 0 Å². The molecule has 0 aliphatic carbocycles. The highest BCUT2D eigenvalue weighted by molar-refractivity contribution is 9.10. The molecule has 1 aromatic rings. The number of rotatable bonds is 4. The predicted octanol–water partition coefficient (Wildman–Crippen LogP) is 2.41. The first kappa shape index (κ1) is 12.1. The molecule has 0 unspecified atom stereocenters. The van der Waals surface area contributed by atoms with Gasteiger partial charge in [0.25, 0.3) is 5.56 Å². The molecular weight excluding hydrogens is 288 g/mol. The standard InChI is InChI=1S/C8H10BrClN2OS/c1-14-4-2-3-12-5-11-7(10)6(9)8(12)13/h5H,2-4H2,1H3. The maximum Gasteiger partial charge on any atom is 0.269 e. The Morgan fingerprint density at radius 3 is 3.07 bits per heavy atom. The molecule has 0 saturated heterocycles. The van der Waals surface area contributed by atoms with E-state index in [0.717, 1.165) is 12.2 Å². The molecule has 78 valence electrons. The van der Waals surface area contributed by atoms with Crippen molar-refractivity contribution >= 4 is 39.3 Å². The fourth-order valence-electron chi connectivity index (χ4n) is 0.982. The van der Waals surface area contributed by atoms with Gasteiger partial charge in [0.1, 0.15) is 4.47 Å². The SMILES string of the molecule is CSCCCn1cnc(Cl)c(Br)c1=O. The summed E-state index contributed by atoms with van der Waals surface area (Å²) < 4.78 is 1.90. The van der Waals surface area contributed by atoms with Gasteiger partial charge in [-0.25, -0.2) is 4.98 Å². The van der Waals surface area contributed by atoms with E-state index < -0.39 is 0 Å². The molecule has 0 radical (unpaired) electrons. The summed E-state index contributed by atoms with van der Waals surface area (Å²) in [6.45, 7) is 0.683. The van der Waals surface area contributed by atoms with Crippen LogP contribution in [0.5, 0.6) is 0 Å². The quantitative estimate of drug-likeness (QED) is 0.632. The molecule has 0 saturated carbocycles. The van der Waals surface area contributed by atoms with Crippen molar-refractivity contribution in [3.8, 4) is 0 Å². The molecule has 0 amide bonds. The van der Waals surface area contributed by atoms with Gasteiger partial charge in [-0.2, -0.15) is 11.8 Å². The molecule has 14 heavy (non-hydrogen) atoms. The highest BCUT2D eigenvalue weighted by Crippen LogP contribution is 2.13. The van der Waals surface area contributed by atoms with Crippen LogP contribution in [0.2, 0.25) is 5.15 Å². The fraction of sp³-hybridized carbons (Fsp3) is 0.500. The van der Waals surface area contributed by atoms with Crippen molar-refractivity contribution in [3.63, 3.8) is 0 Å². The van der Waals surface area contributed by atoms with Crippen molar-refractivity contribution in [3.05, 3.63) is 26.3 Å². The summed E-state index contributed by atoms with van der Waals surface area (Å²) in [4.78, 5) is 15.5. The molecule has 1 rings (SSSR count). The Morgan fingerprint density at radius 1 is 1.71 bits per heavy atom. The molecule has 1 aromatic heterocycles. The van der Waals surface area contributed by atoms with Gasteiger partial charge in [-0.05, 0) is 34.4 Å². The third-order valence-corrected chi connectivity index (χ3v) is 3.61. The van der Waals surface area contributed by atoms with Crippen LogP contribution in [-0.2, 0) is 6.54 Å². The Kier molecular flexibility index (Phi) is 4.98. The molecule has 0 atom stereocenters. The number of aryl methyl sites for hydroxylation is 1. The normalized spacial score (nSPS) is 10.5. The molecule has 0 bridgehead atoms. The maximum absolute atomic E-state index is 11.6. The second kappa shape index (κ2) is 5.78. The van der Waals surface area contributed by atoms with E-state index in [2.05, 4.69) is 20.9 Å². The lowest BCUT2D eigenvalue weighted by atomic mass is 10.4. The number of hydrogen-bond donors (Lipinski definition) is 0. The Morgan fingerprint density at radius 2 is 2.43 bits per heavy atom. The van der Waals surface area contributed by atoms with Crippen molar-refractivity contribution in [1.82, 2.24) is 9.55 Å². The summed E-state index contributed by atoms with van der Waals surface area (Å²) in [5.41, 5.74) is -0.119. The average molecular weight is 298 g/mol. The first-order chi connectivity index (χ1) is 6.66. The average Bonchev–Trinajstić information content (AvgIpc) is 2.18. The molecule has 0 aromatic carbocycles. The second-order valence-electron chi connectivity index (χ2n) is 2.69. The molecule has 0 fully saturated rings. The number of nitrogens with zero attached hydrogens (tertiary/aromatic N) is 2. The van der Waals surface area contributed by atoms with Crippen LogP contribution < -0.4 is 5.56 Å². The van der Waals surface area contributed by atoms with Gasteiger partial charge in [-0.1, -0.05) is 11.6 Å². The Hall–Kier alpha value is -0.000000000000000111. The van der Waals surface area contributed by atoms with Crippen molar-refractivity contribution < 1.29 is 0 Å². The minimum absolute atomic E-state index is 0.119. The van der Waals surface area contributed by atoms with E-state index in [-0.39, 0.29) is 10.7 Å². The number of halogens is 2. The number of aromatic nitrogens is 2. The van der Waals surface area contributed by atoms with Gasteiger partial charge >= 0.3 is 0 Å². The Balaban J connectivity index is 2.79. The summed E-state index contributed by atoms with van der Waals surface area (Å²) >= 11 is 10.5. The van der Waals surface area contributed by atoms with E-state index in [9.17, 15) is 4.79 Å². The molecule has 0 aliphatic heterocycles. The lowest BCUT2D eigenvalue weighted by molar-refractivity contribution is 0.641. The molecule has 3 nitrogen and oxygen atoms in total. The number of thioether (sulfide) groups is 1.